The number of benzene rings is 3. The molecule has 6 heteroatoms. The molecule has 0 saturated heterocycles. The molecule has 4 nitrogen and oxygen atoms in total. The minimum absolute atomic E-state index is 0.182. The monoisotopic (exact) mass is 446 g/mol. The first kappa shape index (κ1) is 21.8. The Labute approximate surface area is 191 Å². The number of aryl methyl sites for hydroxylation is 1. The molecule has 0 saturated carbocycles. The van der Waals surface area contributed by atoms with Crippen LogP contribution in [0.1, 0.15) is 27.0 Å². The molecule has 4 rings (SSSR count). The number of carbonyl (C=O) groups is 2. The third-order valence-electron chi connectivity index (χ3n) is 5.33. The maximum Gasteiger partial charge on any atom is 0.264 e. The Bertz CT molecular complexity index is 1200. The normalized spacial score (nSPS) is 14.4. The molecule has 0 aromatic heterocycles. The fraction of sp³-hybridized carbons (Fsp3) is 0.154. The van der Waals surface area contributed by atoms with Crippen molar-refractivity contribution < 1.29 is 14.0 Å². The van der Waals surface area contributed by atoms with Crippen LogP contribution in [0.25, 0.3) is 6.08 Å². The van der Waals surface area contributed by atoms with Crippen LogP contribution in [0.5, 0.6) is 0 Å². The van der Waals surface area contributed by atoms with Gasteiger partial charge in [0, 0.05) is 29.6 Å². The molecule has 1 heterocycles. The lowest BCUT2D eigenvalue weighted by Gasteiger charge is -2.27. The van der Waals surface area contributed by atoms with Gasteiger partial charge in [0.05, 0.1) is 10.6 Å². The van der Waals surface area contributed by atoms with Gasteiger partial charge >= 0.3 is 0 Å². The van der Waals surface area contributed by atoms with Gasteiger partial charge in [-0.15, -0.1) is 0 Å². The summed E-state index contributed by atoms with van der Waals surface area (Å²) >= 11 is 1.28. The first-order valence-corrected chi connectivity index (χ1v) is 11.1. The first-order chi connectivity index (χ1) is 15.4. The van der Waals surface area contributed by atoms with Crippen molar-refractivity contribution in [3.63, 3.8) is 0 Å². The van der Waals surface area contributed by atoms with Gasteiger partial charge in [0.2, 0.25) is 0 Å². The summed E-state index contributed by atoms with van der Waals surface area (Å²) in [6.07, 6.45) is 2.31. The van der Waals surface area contributed by atoms with E-state index < -0.39 is 0 Å². The molecule has 162 valence electrons. The zero-order chi connectivity index (χ0) is 22.7. The van der Waals surface area contributed by atoms with Crippen LogP contribution >= 0.6 is 11.8 Å². The Morgan fingerprint density at radius 2 is 1.84 bits per heavy atom. The van der Waals surface area contributed by atoms with Crippen molar-refractivity contribution in [1.82, 2.24) is 5.32 Å². The fourth-order valence-electron chi connectivity index (χ4n) is 3.45. The number of hydrogen-bond acceptors (Lipinski definition) is 3. The van der Waals surface area contributed by atoms with Crippen LogP contribution in [0, 0.1) is 12.7 Å². The van der Waals surface area contributed by atoms with Gasteiger partial charge in [-0.25, -0.2) is 4.39 Å². The predicted molar refractivity (Wildman–Crippen MR) is 127 cm³/mol. The maximum absolute atomic E-state index is 14.0. The van der Waals surface area contributed by atoms with E-state index in [-0.39, 0.29) is 17.6 Å². The average Bonchev–Trinajstić information content (AvgIpc) is 2.79. The van der Waals surface area contributed by atoms with E-state index in [1.807, 2.05) is 13.0 Å². The summed E-state index contributed by atoms with van der Waals surface area (Å²) in [5.41, 5.74) is 3.89. The van der Waals surface area contributed by atoms with E-state index in [0.29, 0.717) is 28.3 Å². The predicted octanol–water partition coefficient (Wildman–Crippen LogP) is 5.22. The lowest BCUT2D eigenvalue weighted by molar-refractivity contribution is -0.114. The highest BCUT2D eigenvalue weighted by Crippen LogP contribution is 2.42. The van der Waals surface area contributed by atoms with Gasteiger partial charge < -0.3 is 10.2 Å². The van der Waals surface area contributed by atoms with Crippen molar-refractivity contribution in [3.8, 4) is 0 Å². The highest BCUT2D eigenvalue weighted by atomic mass is 32.2. The highest BCUT2D eigenvalue weighted by molar-refractivity contribution is 8.04. The molecule has 2 amide bonds. The summed E-state index contributed by atoms with van der Waals surface area (Å²) in [5.74, 6) is -0.791. The van der Waals surface area contributed by atoms with Gasteiger partial charge in [-0.2, -0.15) is 0 Å². The Morgan fingerprint density at radius 1 is 1.09 bits per heavy atom. The van der Waals surface area contributed by atoms with Gasteiger partial charge in [-0.3, -0.25) is 9.59 Å². The summed E-state index contributed by atoms with van der Waals surface area (Å²) in [6, 6.07) is 19.9. The molecular weight excluding hydrogens is 423 g/mol. The second-order valence-electron chi connectivity index (χ2n) is 7.67. The molecule has 3 aromatic rings. The maximum atomic E-state index is 14.0. The van der Waals surface area contributed by atoms with Crippen molar-refractivity contribution in [2.45, 2.75) is 18.2 Å². The van der Waals surface area contributed by atoms with Crippen LogP contribution in [0.3, 0.4) is 0 Å². The second-order valence-corrected chi connectivity index (χ2v) is 8.75. The topological polar surface area (TPSA) is 49.4 Å². The molecule has 0 fully saturated rings. The van der Waals surface area contributed by atoms with E-state index in [1.165, 1.54) is 28.3 Å². The van der Waals surface area contributed by atoms with Gasteiger partial charge in [0.25, 0.3) is 11.8 Å². The SMILES string of the molecule is Cc1ccc(CCNC(=O)c2ccc3c(c2)N(C)C(=O)C(=Cc2ccccc2F)S3)cc1. The van der Waals surface area contributed by atoms with Gasteiger partial charge in [0.1, 0.15) is 5.82 Å². The van der Waals surface area contributed by atoms with E-state index in [2.05, 4.69) is 29.6 Å². The second kappa shape index (κ2) is 9.40. The van der Waals surface area contributed by atoms with Crippen LogP contribution in [0.4, 0.5) is 10.1 Å². The number of amides is 2. The third kappa shape index (κ3) is 4.75. The number of nitrogens with one attached hydrogen (secondary N) is 1. The van der Waals surface area contributed by atoms with Crippen LogP contribution < -0.4 is 10.2 Å². The molecular formula is C26H23FN2O2S. The molecule has 0 radical (unpaired) electrons. The molecule has 0 spiro atoms. The average molecular weight is 447 g/mol. The van der Waals surface area contributed by atoms with Crippen LogP contribution in [-0.2, 0) is 11.2 Å². The van der Waals surface area contributed by atoms with Crippen LogP contribution in [0.2, 0.25) is 0 Å². The lowest BCUT2D eigenvalue weighted by atomic mass is 10.1. The molecule has 0 aliphatic carbocycles. The summed E-state index contributed by atoms with van der Waals surface area (Å²) in [5, 5.41) is 2.94. The quantitative estimate of drug-likeness (QED) is 0.547. The molecule has 32 heavy (non-hydrogen) atoms. The highest BCUT2D eigenvalue weighted by Gasteiger charge is 2.27. The summed E-state index contributed by atoms with van der Waals surface area (Å²) in [7, 11) is 1.66. The van der Waals surface area contributed by atoms with E-state index in [9.17, 15) is 14.0 Å². The third-order valence-corrected chi connectivity index (χ3v) is 6.41. The Balaban J connectivity index is 1.47. The number of anilines is 1. The Hall–Kier alpha value is -3.38. The van der Waals surface area contributed by atoms with Gasteiger partial charge in [-0.05, 0) is 49.2 Å². The van der Waals surface area contributed by atoms with Crippen molar-refractivity contribution in [1.29, 1.82) is 0 Å². The van der Waals surface area contributed by atoms with E-state index in [4.69, 9.17) is 0 Å². The molecule has 1 aliphatic heterocycles. The van der Waals surface area contributed by atoms with Crippen LogP contribution in [-0.4, -0.2) is 25.4 Å². The van der Waals surface area contributed by atoms with Crippen LogP contribution in [0.15, 0.2) is 76.5 Å². The number of nitrogens with zero attached hydrogens (tertiary/aromatic N) is 1. The molecule has 1 aliphatic rings. The molecule has 0 unspecified atom stereocenters. The smallest absolute Gasteiger partial charge is 0.264 e. The fourth-order valence-corrected chi connectivity index (χ4v) is 4.53. The summed E-state index contributed by atoms with van der Waals surface area (Å²) in [6.45, 7) is 2.57. The van der Waals surface area contributed by atoms with E-state index in [0.717, 1.165) is 16.9 Å². The minimum Gasteiger partial charge on any atom is -0.352 e. The molecule has 1 N–H and O–H groups in total. The number of likely N-dealkylation sites (N-methyl/N-ethyl adjacent to an activating group) is 1. The first-order valence-electron chi connectivity index (χ1n) is 10.3. The minimum atomic E-state index is -0.375. The zero-order valence-electron chi connectivity index (χ0n) is 17.9. The van der Waals surface area contributed by atoms with E-state index in [1.54, 1.807) is 43.5 Å². The zero-order valence-corrected chi connectivity index (χ0v) is 18.7. The number of halogens is 1. The van der Waals surface area contributed by atoms with Crippen molar-refractivity contribution in [3.05, 3.63) is 99.7 Å². The van der Waals surface area contributed by atoms with Gasteiger partial charge in [0.15, 0.2) is 0 Å². The van der Waals surface area contributed by atoms with E-state index >= 15 is 0 Å². The lowest BCUT2D eigenvalue weighted by Crippen LogP contribution is -2.31. The number of hydrogen-bond donors (Lipinski definition) is 1. The summed E-state index contributed by atoms with van der Waals surface area (Å²) < 4.78 is 14.0. The Kier molecular flexibility index (Phi) is 6.42. The van der Waals surface area contributed by atoms with Crippen molar-refractivity contribution in [2.24, 2.45) is 0 Å². The Morgan fingerprint density at radius 3 is 2.59 bits per heavy atom. The van der Waals surface area contributed by atoms with Crippen molar-refractivity contribution >= 4 is 35.3 Å². The van der Waals surface area contributed by atoms with Gasteiger partial charge in [-0.1, -0.05) is 59.8 Å². The summed E-state index contributed by atoms with van der Waals surface area (Å²) in [4.78, 5) is 28.3. The molecule has 3 aromatic carbocycles. The number of thioether (sulfide) groups is 1. The molecule has 0 atom stereocenters. The number of rotatable bonds is 5. The number of carbonyl (C=O) groups excluding carboxylic acids is 2. The molecule has 0 bridgehead atoms. The largest absolute Gasteiger partial charge is 0.352 e. The standard InChI is InChI=1S/C26H23FN2O2S/c1-17-7-9-18(10-8-17)13-14-28-25(30)20-11-12-23-22(15-20)29(2)26(31)24(32-23)16-19-5-3-4-6-21(19)27/h3-12,15-16H,13-14H2,1-2H3,(H,28,30). The number of fused-ring (bicyclic) bond motifs is 1. The van der Waals surface area contributed by atoms with Crippen molar-refractivity contribution in [2.75, 3.05) is 18.5 Å².